The summed E-state index contributed by atoms with van der Waals surface area (Å²) in [6.45, 7) is -1.66. The molecule has 0 aliphatic rings. The molecule has 0 heterocycles. The number of carboxylic acid groups (broad SMARTS) is 1. The molecule has 0 bridgehead atoms. The van der Waals surface area contributed by atoms with Crippen molar-refractivity contribution in [3.8, 4) is 0 Å². The molecule has 0 radical (unpaired) electrons. The van der Waals surface area contributed by atoms with Gasteiger partial charge in [0.05, 0.1) is 11.3 Å². The molecule has 0 atom stereocenters. The minimum Gasteiger partial charge on any atom is -0.478 e. The number of alkyl halides is 3. The number of carboxylic acids is 1. The van der Waals surface area contributed by atoms with Gasteiger partial charge in [0.2, 0.25) is 10.0 Å². The van der Waals surface area contributed by atoms with Crippen molar-refractivity contribution >= 4 is 16.0 Å². The highest BCUT2D eigenvalue weighted by Crippen LogP contribution is 2.14. The van der Waals surface area contributed by atoms with Crippen LogP contribution in [0.2, 0.25) is 0 Å². The van der Waals surface area contributed by atoms with E-state index in [9.17, 15) is 26.4 Å². The van der Waals surface area contributed by atoms with Crippen molar-refractivity contribution in [1.29, 1.82) is 0 Å². The Morgan fingerprint density at radius 2 is 1.95 bits per heavy atom. The number of hydrogen-bond acceptors (Lipinski definition) is 3. The van der Waals surface area contributed by atoms with Crippen LogP contribution in [0.3, 0.4) is 0 Å². The van der Waals surface area contributed by atoms with Gasteiger partial charge in [-0.25, -0.2) is 17.9 Å². The van der Waals surface area contributed by atoms with Crippen LogP contribution in [0.5, 0.6) is 0 Å². The van der Waals surface area contributed by atoms with E-state index in [1.54, 1.807) is 0 Å². The molecule has 0 amide bonds. The fourth-order valence-electron chi connectivity index (χ4n) is 1.26. The predicted molar refractivity (Wildman–Crippen MR) is 60.1 cm³/mol. The van der Waals surface area contributed by atoms with Gasteiger partial charge >= 0.3 is 12.1 Å². The Morgan fingerprint density at radius 1 is 1.32 bits per heavy atom. The van der Waals surface area contributed by atoms with Crippen LogP contribution in [0, 0.1) is 0 Å². The van der Waals surface area contributed by atoms with E-state index in [4.69, 9.17) is 5.11 Å². The van der Waals surface area contributed by atoms with E-state index in [0.717, 1.165) is 6.07 Å². The van der Waals surface area contributed by atoms with Gasteiger partial charge in [-0.2, -0.15) is 13.2 Å². The quantitative estimate of drug-likeness (QED) is 0.859. The lowest BCUT2D eigenvalue weighted by Gasteiger charge is -2.09. The van der Waals surface area contributed by atoms with Gasteiger partial charge in [-0.1, -0.05) is 12.1 Å². The summed E-state index contributed by atoms with van der Waals surface area (Å²) >= 11 is 0. The number of aromatic carboxylic acids is 1. The third kappa shape index (κ3) is 5.71. The maximum absolute atomic E-state index is 11.9. The van der Waals surface area contributed by atoms with E-state index >= 15 is 0 Å². The number of nitrogens with one attached hydrogen (secondary N) is 1. The Bertz CT molecular complexity index is 568. The van der Waals surface area contributed by atoms with Crippen LogP contribution in [0.15, 0.2) is 24.3 Å². The second kappa shape index (κ2) is 5.57. The van der Waals surface area contributed by atoms with Gasteiger partial charge in [0, 0.05) is 0 Å². The van der Waals surface area contributed by atoms with Crippen molar-refractivity contribution in [2.75, 3.05) is 6.54 Å². The highest BCUT2D eigenvalue weighted by Gasteiger charge is 2.29. The molecule has 0 saturated heterocycles. The van der Waals surface area contributed by atoms with E-state index < -0.39 is 34.5 Å². The lowest BCUT2D eigenvalue weighted by molar-refractivity contribution is -0.121. The number of rotatable bonds is 5. The Kier molecular flexibility index (Phi) is 4.53. The van der Waals surface area contributed by atoms with Gasteiger partial charge in [0.15, 0.2) is 0 Å². The van der Waals surface area contributed by atoms with Gasteiger partial charge < -0.3 is 5.11 Å². The van der Waals surface area contributed by atoms with Crippen LogP contribution >= 0.6 is 0 Å². The van der Waals surface area contributed by atoms with Gasteiger partial charge in [0.25, 0.3) is 0 Å². The van der Waals surface area contributed by atoms with Crippen molar-refractivity contribution < 1.29 is 31.5 Å². The first-order valence-corrected chi connectivity index (χ1v) is 6.61. The van der Waals surface area contributed by atoms with Crippen molar-refractivity contribution in [2.24, 2.45) is 0 Å². The number of halogens is 3. The average molecular weight is 297 g/mol. The van der Waals surface area contributed by atoms with Crippen molar-refractivity contribution in [3.63, 3.8) is 0 Å². The Balaban J connectivity index is 2.78. The minimum atomic E-state index is -4.64. The van der Waals surface area contributed by atoms with Crippen molar-refractivity contribution in [2.45, 2.75) is 11.9 Å². The largest absolute Gasteiger partial charge is 0.478 e. The highest BCUT2D eigenvalue weighted by molar-refractivity contribution is 7.88. The fraction of sp³-hybridized carbons (Fsp3) is 0.300. The average Bonchev–Trinajstić information content (AvgIpc) is 2.25. The first kappa shape index (κ1) is 15.4. The molecule has 0 saturated carbocycles. The standard InChI is InChI=1S/C10H10F3NO4S/c11-10(12,13)6-14-19(17,18)5-7-2-1-3-8(4-7)9(15)16/h1-4,14H,5-6H2,(H,15,16). The Hall–Kier alpha value is -1.61. The molecule has 106 valence electrons. The minimum absolute atomic E-state index is 0.0922. The molecule has 2 N–H and O–H groups in total. The van der Waals surface area contributed by atoms with Gasteiger partial charge in [-0.15, -0.1) is 0 Å². The predicted octanol–water partition coefficient (Wildman–Crippen LogP) is 1.37. The van der Waals surface area contributed by atoms with Crippen molar-refractivity contribution in [1.82, 2.24) is 4.72 Å². The van der Waals surface area contributed by atoms with Crippen LogP contribution in [-0.2, 0) is 15.8 Å². The molecular formula is C10H10F3NO4S. The molecule has 0 unspecified atom stereocenters. The van der Waals surface area contributed by atoms with E-state index in [0.29, 0.717) is 0 Å². The first-order valence-electron chi connectivity index (χ1n) is 4.95. The van der Waals surface area contributed by atoms with Crippen LogP contribution in [0.25, 0.3) is 0 Å². The summed E-state index contributed by atoms with van der Waals surface area (Å²) in [6, 6.07) is 4.98. The molecule has 0 aromatic heterocycles. The monoisotopic (exact) mass is 297 g/mol. The van der Waals surface area contributed by atoms with E-state index in [1.165, 1.54) is 22.9 Å². The topological polar surface area (TPSA) is 83.5 Å². The Morgan fingerprint density at radius 3 is 2.47 bits per heavy atom. The molecule has 0 spiro atoms. The number of benzene rings is 1. The highest BCUT2D eigenvalue weighted by atomic mass is 32.2. The lowest BCUT2D eigenvalue weighted by Crippen LogP contribution is -2.34. The number of hydrogen-bond donors (Lipinski definition) is 2. The molecule has 1 aromatic carbocycles. The summed E-state index contributed by atoms with van der Waals surface area (Å²) in [5.41, 5.74) is -0.0434. The zero-order chi connectivity index (χ0) is 14.7. The van der Waals surface area contributed by atoms with Gasteiger partial charge in [-0.3, -0.25) is 0 Å². The van der Waals surface area contributed by atoms with Crippen molar-refractivity contribution in [3.05, 3.63) is 35.4 Å². The summed E-state index contributed by atoms with van der Waals surface area (Å²) in [7, 11) is -4.17. The molecular weight excluding hydrogens is 287 g/mol. The third-order valence-corrected chi connectivity index (χ3v) is 3.32. The summed E-state index contributed by atoms with van der Waals surface area (Å²) in [5, 5.41) is 8.70. The van der Waals surface area contributed by atoms with E-state index in [-0.39, 0.29) is 11.1 Å². The molecule has 0 aliphatic heterocycles. The molecule has 1 rings (SSSR count). The van der Waals surface area contributed by atoms with E-state index in [2.05, 4.69) is 0 Å². The molecule has 0 aliphatic carbocycles. The maximum atomic E-state index is 11.9. The summed E-state index contributed by atoms with van der Waals surface area (Å²) in [4.78, 5) is 10.7. The molecule has 1 aromatic rings. The lowest BCUT2D eigenvalue weighted by atomic mass is 10.1. The molecule has 5 nitrogen and oxygen atoms in total. The summed E-state index contributed by atoms with van der Waals surface area (Å²) in [6.07, 6.45) is -4.64. The Labute approximate surface area is 107 Å². The van der Waals surface area contributed by atoms with Gasteiger partial charge in [0.1, 0.15) is 6.54 Å². The maximum Gasteiger partial charge on any atom is 0.402 e. The summed E-state index contributed by atoms with van der Waals surface area (Å²) in [5.74, 6) is -1.97. The second-order valence-electron chi connectivity index (χ2n) is 3.70. The number of carbonyl (C=O) groups is 1. The second-order valence-corrected chi connectivity index (χ2v) is 5.51. The van der Waals surface area contributed by atoms with Gasteiger partial charge in [-0.05, 0) is 17.7 Å². The zero-order valence-electron chi connectivity index (χ0n) is 9.44. The molecule has 9 heteroatoms. The van der Waals surface area contributed by atoms with E-state index in [1.807, 2.05) is 0 Å². The van der Waals surface area contributed by atoms with Crippen LogP contribution in [-0.4, -0.2) is 32.2 Å². The smallest absolute Gasteiger partial charge is 0.402 e. The zero-order valence-corrected chi connectivity index (χ0v) is 10.3. The summed E-state index contributed by atoms with van der Waals surface area (Å²) < 4.78 is 59.8. The third-order valence-electron chi connectivity index (χ3n) is 2.02. The van der Waals surface area contributed by atoms with Crippen LogP contribution in [0.1, 0.15) is 15.9 Å². The normalized spacial score (nSPS) is 12.4. The van der Waals surface area contributed by atoms with Crippen LogP contribution in [0.4, 0.5) is 13.2 Å². The SMILES string of the molecule is O=C(O)c1cccc(CS(=O)(=O)NCC(F)(F)F)c1. The fourth-order valence-corrected chi connectivity index (χ4v) is 2.36. The first-order chi connectivity index (χ1) is 8.59. The van der Waals surface area contributed by atoms with Crippen LogP contribution < -0.4 is 4.72 Å². The number of sulfonamides is 1. The molecule has 19 heavy (non-hydrogen) atoms. The molecule has 0 fully saturated rings.